The number of ether oxygens (including phenoxy) is 2. The van der Waals surface area contributed by atoms with Crippen molar-refractivity contribution in [2.75, 3.05) is 7.11 Å². The smallest absolute Gasteiger partial charge is 0.413 e. The number of benzene rings is 3. The molecule has 0 saturated carbocycles. The molecular weight excluding hydrogens is 378 g/mol. The van der Waals surface area contributed by atoms with Crippen molar-refractivity contribution < 1.29 is 22.7 Å². The van der Waals surface area contributed by atoms with E-state index in [0.717, 1.165) is 0 Å². The lowest BCUT2D eigenvalue weighted by molar-refractivity contribution is 0.199. The van der Waals surface area contributed by atoms with Crippen LogP contribution in [0.4, 0.5) is 4.79 Å². The molecule has 144 valence electrons. The van der Waals surface area contributed by atoms with Gasteiger partial charge in [0.2, 0.25) is 9.84 Å². The van der Waals surface area contributed by atoms with E-state index >= 15 is 0 Å². The first kappa shape index (κ1) is 19.4. The second-order valence-electron chi connectivity index (χ2n) is 5.86. The summed E-state index contributed by atoms with van der Waals surface area (Å²) in [4.78, 5) is 12.5. The van der Waals surface area contributed by atoms with E-state index in [0.29, 0.717) is 17.1 Å². The fraction of sp³-hybridized carbons (Fsp3) is 0.0952. The van der Waals surface area contributed by atoms with Crippen LogP contribution in [-0.2, 0) is 9.84 Å². The van der Waals surface area contributed by atoms with Gasteiger partial charge in [0, 0.05) is 0 Å². The van der Waals surface area contributed by atoms with Crippen LogP contribution in [-0.4, -0.2) is 21.6 Å². The summed E-state index contributed by atoms with van der Waals surface area (Å²) in [6, 6.07) is 22.8. The minimum Gasteiger partial charge on any atom is -0.497 e. The first-order chi connectivity index (χ1) is 13.5. The van der Waals surface area contributed by atoms with Crippen LogP contribution in [0.5, 0.6) is 11.5 Å². The molecule has 28 heavy (non-hydrogen) atoms. The molecule has 0 saturated heterocycles. The third-order valence-corrected chi connectivity index (χ3v) is 5.94. The number of nitrogens with one attached hydrogen (secondary N) is 1. The molecule has 6 nitrogen and oxygen atoms in total. The van der Waals surface area contributed by atoms with Crippen molar-refractivity contribution in [1.82, 2.24) is 5.32 Å². The molecular formula is C21H19NO5S. The maximum Gasteiger partial charge on any atom is 0.413 e. The van der Waals surface area contributed by atoms with Crippen molar-refractivity contribution in [2.24, 2.45) is 0 Å². The van der Waals surface area contributed by atoms with Crippen molar-refractivity contribution in [3.63, 3.8) is 0 Å². The Bertz CT molecular complexity index is 1020. The molecule has 0 aliphatic rings. The molecule has 0 aromatic heterocycles. The fourth-order valence-electron chi connectivity index (χ4n) is 2.60. The first-order valence-electron chi connectivity index (χ1n) is 8.47. The molecule has 0 fully saturated rings. The Kier molecular flexibility index (Phi) is 5.96. The number of sulfone groups is 1. The van der Waals surface area contributed by atoms with Gasteiger partial charge >= 0.3 is 6.09 Å². The topological polar surface area (TPSA) is 81.7 Å². The summed E-state index contributed by atoms with van der Waals surface area (Å²) in [5.74, 6) is 0.886. The molecule has 0 bridgehead atoms. The standard InChI is InChI=1S/C21H19NO5S/c1-26-17-14-12-16(13-15-17)20(28(24,25)19-10-6-3-7-11-19)22-21(23)27-18-8-4-2-5-9-18/h2-15,20H,1H3,(H,22,23). The van der Waals surface area contributed by atoms with Crippen LogP contribution in [0.15, 0.2) is 89.8 Å². The van der Waals surface area contributed by atoms with Crippen LogP contribution in [0.25, 0.3) is 0 Å². The van der Waals surface area contributed by atoms with E-state index in [-0.39, 0.29) is 4.90 Å². The predicted molar refractivity (Wildman–Crippen MR) is 105 cm³/mol. The molecule has 0 aliphatic carbocycles. The zero-order chi connectivity index (χ0) is 20.0. The van der Waals surface area contributed by atoms with Gasteiger partial charge in [0.05, 0.1) is 12.0 Å². The van der Waals surface area contributed by atoms with Crippen molar-refractivity contribution in [3.05, 3.63) is 90.5 Å². The number of hydrogen-bond donors (Lipinski definition) is 1. The quantitative estimate of drug-likeness (QED) is 0.681. The summed E-state index contributed by atoms with van der Waals surface area (Å²) in [7, 11) is -2.40. The van der Waals surface area contributed by atoms with Gasteiger partial charge in [-0.1, -0.05) is 48.5 Å². The lowest BCUT2D eigenvalue weighted by Crippen LogP contribution is -2.35. The molecule has 1 amide bonds. The highest BCUT2D eigenvalue weighted by atomic mass is 32.2. The van der Waals surface area contributed by atoms with E-state index < -0.39 is 21.3 Å². The lowest BCUT2D eigenvalue weighted by Gasteiger charge is -2.20. The van der Waals surface area contributed by atoms with E-state index in [1.54, 1.807) is 72.8 Å². The summed E-state index contributed by atoms with van der Waals surface area (Å²) in [5, 5.41) is 1.15. The van der Waals surface area contributed by atoms with Crippen LogP contribution < -0.4 is 14.8 Å². The molecule has 1 atom stereocenters. The average Bonchev–Trinajstić information content (AvgIpc) is 2.73. The fourth-order valence-corrected chi connectivity index (χ4v) is 4.17. The Labute approximate surface area is 163 Å². The highest BCUT2D eigenvalue weighted by Crippen LogP contribution is 2.28. The molecule has 3 aromatic rings. The highest BCUT2D eigenvalue weighted by molar-refractivity contribution is 7.91. The molecule has 3 rings (SSSR count). The molecule has 0 radical (unpaired) electrons. The van der Waals surface area contributed by atoms with Crippen LogP contribution >= 0.6 is 0 Å². The van der Waals surface area contributed by atoms with Gasteiger partial charge in [0.1, 0.15) is 11.5 Å². The summed E-state index contributed by atoms with van der Waals surface area (Å²) in [5.41, 5.74) is 0.384. The maximum atomic E-state index is 13.2. The number of para-hydroxylation sites is 1. The summed E-state index contributed by atoms with van der Waals surface area (Å²) < 4.78 is 36.7. The predicted octanol–water partition coefficient (Wildman–Crippen LogP) is 3.96. The van der Waals surface area contributed by atoms with Crippen molar-refractivity contribution in [2.45, 2.75) is 10.3 Å². The number of hydrogen-bond acceptors (Lipinski definition) is 5. The van der Waals surface area contributed by atoms with Crippen LogP contribution in [0.3, 0.4) is 0 Å². The normalized spacial score (nSPS) is 12.0. The first-order valence-corrected chi connectivity index (χ1v) is 10.0. The van der Waals surface area contributed by atoms with Gasteiger partial charge in [-0.25, -0.2) is 13.2 Å². The summed E-state index contributed by atoms with van der Waals surface area (Å²) in [6.45, 7) is 0. The number of methoxy groups -OCH3 is 1. The number of amides is 1. The Hall–Kier alpha value is -3.32. The van der Waals surface area contributed by atoms with Gasteiger partial charge in [-0.2, -0.15) is 0 Å². The van der Waals surface area contributed by atoms with Crippen LogP contribution in [0, 0.1) is 0 Å². The SMILES string of the molecule is COc1ccc(C(NC(=O)Oc2ccccc2)S(=O)(=O)c2ccccc2)cc1. The average molecular weight is 397 g/mol. The van der Waals surface area contributed by atoms with E-state index in [1.807, 2.05) is 0 Å². The van der Waals surface area contributed by atoms with Crippen LogP contribution in [0.2, 0.25) is 0 Å². The summed E-state index contributed by atoms with van der Waals surface area (Å²) in [6.07, 6.45) is -0.869. The number of carbonyl (C=O) groups is 1. The summed E-state index contributed by atoms with van der Waals surface area (Å²) >= 11 is 0. The Morgan fingerprint density at radius 3 is 1.96 bits per heavy atom. The van der Waals surface area contributed by atoms with Gasteiger partial charge < -0.3 is 9.47 Å². The third-order valence-electron chi connectivity index (χ3n) is 4.00. The number of carbonyl (C=O) groups excluding carboxylic acids is 1. The Morgan fingerprint density at radius 1 is 0.821 bits per heavy atom. The van der Waals surface area contributed by atoms with Gasteiger partial charge in [-0.05, 0) is 42.0 Å². The molecule has 0 heterocycles. The van der Waals surface area contributed by atoms with E-state index in [4.69, 9.17) is 9.47 Å². The van der Waals surface area contributed by atoms with Gasteiger partial charge in [0.25, 0.3) is 0 Å². The van der Waals surface area contributed by atoms with Crippen LogP contribution in [0.1, 0.15) is 10.9 Å². The van der Waals surface area contributed by atoms with E-state index in [1.165, 1.54) is 19.2 Å². The van der Waals surface area contributed by atoms with Gasteiger partial charge in [-0.3, -0.25) is 5.32 Å². The molecule has 3 aromatic carbocycles. The highest BCUT2D eigenvalue weighted by Gasteiger charge is 2.31. The second kappa shape index (κ2) is 8.58. The van der Waals surface area contributed by atoms with Crippen molar-refractivity contribution >= 4 is 15.9 Å². The van der Waals surface area contributed by atoms with Crippen molar-refractivity contribution in [1.29, 1.82) is 0 Å². The van der Waals surface area contributed by atoms with E-state index in [2.05, 4.69) is 5.32 Å². The zero-order valence-electron chi connectivity index (χ0n) is 15.1. The van der Waals surface area contributed by atoms with E-state index in [9.17, 15) is 13.2 Å². The monoisotopic (exact) mass is 397 g/mol. The Morgan fingerprint density at radius 2 is 1.39 bits per heavy atom. The van der Waals surface area contributed by atoms with Gasteiger partial charge in [-0.15, -0.1) is 0 Å². The third kappa shape index (κ3) is 4.50. The number of rotatable bonds is 6. The largest absolute Gasteiger partial charge is 0.497 e. The molecule has 1 N–H and O–H groups in total. The minimum absolute atomic E-state index is 0.0934. The molecule has 0 spiro atoms. The Balaban J connectivity index is 1.93. The lowest BCUT2D eigenvalue weighted by atomic mass is 10.2. The molecule has 7 heteroatoms. The molecule has 1 unspecified atom stereocenters. The van der Waals surface area contributed by atoms with Gasteiger partial charge in [0.15, 0.2) is 5.37 Å². The second-order valence-corrected chi connectivity index (χ2v) is 7.89. The minimum atomic E-state index is -3.91. The van der Waals surface area contributed by atoms with Crippen molar-refractivity contribution in [3.8, 4) is 11.5 Å². The molecule has 0 aliphatic heterocycles. The maximum absolute atomic E-state index is 13.2. The zero-order valence-corrected chi connectivity index (χ0v) is 15.9.